The zero-order valence-electron chi connectivity index (χ0n) is 9.44. The van der Waals surface area contributed by atoms with E-state index in [4.69, 9.17) is 16.3 Å². The molecule has 0 aliphatic carbocycles. The summed E-state index contributed by atoms with van der Waals surface area (Å²) in [5, 5.41) is 4.32. The van der Waals surface area contributed by atoms with Gasteiger partial charge in [0.05, 0.1) is 5.69 Å². The van der Waals surface area contributed by atoms with Crippen LogP contribution in [0.25, 0.3) is 0 Å². The summed E-state index contributed by atoms with van der Waals surface area (Å²) in [6, 6.07) is 6.67. The number of rotatable bonds is 2. The van der Waals surface area contributed by atoms with Crippen LogP contribution in [0.15, 0.2) is 41.2 Å². The van der Waals surface area contributed by atoms with E-state index in [-0.39, 0.29) is 11.5 Å². The Bertz CT molecular complexity index is 561. The molecule has 0 saturated heterocycles. The highest BCUT2D eigenvalue weighted by atomic mass is 35.5. The van der Waals surface area contributed by atoms with Crippen LogP contribution in [0.3, 0.4) is 0 Å². The number of ether oxygens (including phenoxy) is 1. The molecular weight excluding hydrogens is 256 g/mol. The van der Waals surface area contributed by atoms with Crippen molar-refractivity contribution in [1.82, 2.24) is 0 Å². The van der Waals surface area contributed by atoms with Gasteiger partial charge >= 0.3 is 5.97 Å². The highest BCUT2D eigenvalue weighted by molar-refractivity contribution is 6.67. The highest BCUT2D eigenvalue weighted by Gasteiger charge is 2.26. The number of nitrogens with zero attached hydrogens (tertiary/aromatic N) is 1. The minimum atomic E-state index is -0.763. The van der Waals surface area contributed by atoms with Crippen molar-refractivity contribution in [3.8, 4) is 0 Å². The van der Waals surface area contributed by atoms with Crippen molar-refractivity contribution in [2.45, 2.75) is 6.92 Å². The molecule has 0 aromatic heterocycles. The monoisotopic (exact) mass is 264 g/mol. The molecule has 0 atom stereocenters. The van der Waals surface area contributed by atoms with E-state index in [1.807, 2.05) is 0 Å². The summed E-state index contributed by atoms with van der Waals surface area (Å²) in [6.45, 7) is 1.53. The van der Waals surface area contributed by atoms with Gasteiger partial charge in [0.25, 0.3) is 0 Å². The van der Waals surface area contributed by atoms with Crippen LogP contribution in [0, 0.1) is 0 Å². The number of hydrazone groups is 1. The van der Waals surface area contributed by atoms with E-state index in [0.29, 0.717) is 10.7 Å². The number of carbonyl (C=O) groups is 2. The number of hydrogen-bond acceptors (Lipinski definition) is 5. The van der Waals surface area contributed by atoms with Gasteiger partial charge in [-0.3, -0.25) is 10.2 Å². The SMILES string of the molecule is CC1=CC(=O)C(=NNc2ccc(Cl)cc2)C(=O)O1. The van der Waals surface area contributed by atoms with Gasteiger partial charge in [0.1, 0.15) is 5.76 Å². The molecule has 0 radical (unpaired) electrons. The Morgan fingerprint density at radius 2 is 1.89 bits per heavy atom. The fraction of sp³-hybridized carbons (Fsp3) is 0.0833. The first-order chi connectivity index (χ1) is 8.56. The first kappa shape index (κ1) is 12.3. The van der Waals surface area contributed by atoms with Crippen LogP contribution in [0.4, 0.5) is 5.69 Å². The molecule has 1 aliphatic rings. The van der Waals surface area contributed by atoms with E-state index in [2.05, 4.69) is 10.5 Å². The van der Waals surface area contributed by atoms with Crippen LogP contribution in [0.1, 0.15) is 6.92 Å². The summed E-state index contributed by atoms with van der Waals surface area (Å²) in [7, 11) is 0. The molecule has 1 aromatic rings. The average Bonchev–Trinajstić information content (AvgIpc) is 2.30. The summed E-state index contributed by atoms with van der Waals surface area (Å²) < 4.78 is 4.79. The van der Waals surface area contributed by atoms with Gasteiger partial charge in [0.2, 0.25) is 11.5 Å². The lowest BCUT2D eigenvalue weighted by atomic mass is 10.2. The van der Waals surface area contributed by atoms with E-state index in [1.165, 1.54) is 13.0 Å². The number of ketones is 1. The zero-order chi connectivity index (χ0) is 13.1. The average molecular weight is 265 g/mol. The lowest BCUT2D eigenvalue weighted by Crippen LogP contribution is -2.30. The van der Waals surface area contributed by atoms with Crippen LogP contribution in [-0.2, 0) is 14.3 Å². The van der Waals surface area contributed by atoms with Crippen LogP contribution in [0.2, 0.25) is 5.02 Å². The fourth-order valence-electron chi connectivity index (χ4n) is 1.32. The minimum Gasteiger partial charge on any atom is -0.426 e. The van der Waals surface area contributed by atoms with Crippen molar-refractivity contribution >= 4 is 34.8 Å². The second kappa shape index (κ2) is 5.01. The summed E-state index contributed by atoms with van der Waals surface area (Å²) in [5.41, 5.74) is 2.92. The number of halogens is 1. The molecule has 0 bridgehead atoms. The standard InChI is InChI=1S/C12H9ClN2O3/c1-7-6-10(16)11(12(17)18-7)15-14-9-4-2-8(13)3-5-9/h2-6,14H,1H3. The smallest absolute Gasteiger partial charge is 0.367 e. The van der Waals surface area contributed by atoms with Crippen molar-refractivity contribution in [1.29, 1.82) is 0 Å². The zero-order valence-corrected chi connectivity index (χ0v) is 10.2. The molecule has 1 heterocycles. The van der Waals surface area contributed by atoms with E-state index in [0.717, 1.165) is 0 Å². The molecule has 1 aliphatic heterocycles. The van der Waals surface area contributed by atoms with Crippen LogP contribution in [0.5, 0.6) is 0 Å². The third kappa shape index (κ3) is 2.75. The van der Waals surface area contributed by atoms with Gasteiger partial charge in [0.15, 0.2) is 0 Å². The number of nitrogens with one attached hydrogen (secondary N) is 1. The molecule has 5 nitrogen and oxygen atoms in total. The number of carbonyl (C=O) groups excluding carboxylic acids is 2. The Hall–Kier alpha value is -2.14. The molecule has 0 amide bonds. The number of benzene rings is 1. The molecule has 2 rings (SSSR count). The number of cyclic esters (lactones) is 1. The van der Waals surface area contributed by atoms with E-state index in [9.17, 15) is 9.59 Å². The Morgan fingerprint density at radius 3 is 2.50 bits per heavy atom. The van der Waals surface area contributed by atoms with Gasteiger partial charge in [-0.2, -0.15) is 5.10 Å². The second-order valence-corrected chi connectivity index (χ2v) is 4.02. The van der Waals surface area contributed by atoms with Crippen LogP contribution < -0.4 is 5.43 Å². The van der Waals surface area contributed by atoms with Crippen LogP contribution in [-0.4, -0.2) is 17.5 Å². The fourth-order valence-corrected chi connectivity index (χ4v) is 1.45. The molecule has 6 heteroatoms. The third-order valence-corrected chi connectivity index (χ3v) is 2.41. The van der Waals surface area contributed by atoms with E-state index >= 15 is 0 Å². The maximum atomic E-state index is 11.5. The minimum absolute atomic E-state index is 0.260. The van der Waals surface area contributed by atoms with E-state index in [1.54, 1.807) is 24.3 Å². The van der Waals surface area contributed by atoms with Crippen molar-refractivity contribution < 1.29 is 14.3 Å². The molecular formula is C12H9ClN2O3. The predicted molar refractivity (Wildman–Crippen MR) is 67.4 cm³/mol. The first-order valence-electron chi connectivity index (χ1n) is 5.10. The van der Waals surface area contributed by atoms with Gasteiger partial charge in [-0.1, -0.05) is 11.6 Å². The Balaban J connectivity index is 2.16. The molecule has 92 valence electrons. The van der Waals surface area contributed by atoms with Gasteiger partial charge in [0, 0.05) is 11.1 Å². The van der Waals surface area contributed by atoms with Gasteiger partial charge in [-0.05, 0) is 31.2 Å². The predicted octanol–water partition coefficient (Wildman–Crippen LogP) is 2.14. The summed E-state index contributed by atoms with van der Waals surface area (Å²) >= 11 is 5.72. The summed E-state index contributed by atoms with van der Waals surface area (Å²) in [5.74, 6) is -0.984. The van der Waals surface area contributed by atoms with E-state index < -0.39 is 11.8 Å². The molecule has 18 heavy (non-hydrogen) atoms. The number of hydrogen-bond donors (Lipinski definition) is 1. The van der Waals surface area contributed by atoms with Crippen molar-refractivity contribution in [2.24, 2.45) is 5.10 Å². The largest absolute Gasteiger partial charge is 0.426 e. The third-order valence-electron chi connectivity index (χ3n) is 2.16. The number of esters is 1. The maximum absolute atomic E-state index is 11.5. The Kier molecular flexibility index (Phi) is 3.43. The van der Waals surface area contributed by atoms with Crippen molar-refractivity contribution in [3.05, 3.63) is 41.1 Å². The normalized spacial score (nSPS) is 17.4. The quantitative estimate of drug-likeness (QED) is 0.656. The van der Waals surface area contributed by atoms with Gasteiger partial charge in [-0.25, -0.2) is 4.79 Å². The number of anilines is 1. The Labute approximate surface area is 108 Å². The summed E-state index contributed by atoms with van der Waals surface area (Å²) in [4.78, 5) is 22.9. The highest BCUT2D eigenvalue weighted by Crippen LogP contribution is 2.14. The molecule has 0 unspecified atom stereocenters. The first-order valence-corrected chi connectivity index (χ1v) is 5.48. The lowest BCUT2D eigenvalue weighted by Gasteiger charge is -2.10. The molecule has 0 spiro atoms. The van der Waals surface area contributed by atoms with Crippen molar-refractivity contribution in [3.63, 3.8) is 0 Å². The molecule has 1 aromatic carbocycles. The van der Waals surface area contributed by atoms with Crippen molar-refractivity contribution in [2.75, 3.05) is 5.43 Å². The molecule has 1 N–H and O–H groups in total. The Morgan fingerprint density at radius 1 is 1.22 bits per heavy atom. The van der Waals surface area contributed by atoms with Crippen LogP contribution >= 0.6 is 11.6 Å². The number of allylic oxidation sites excluding steroid dienone is 2. The summed E-state index contributed by atoms with van der Waals surface area (Å²) in [6.07, 6.45) is 1.21. The molecule has 0 saturated carbocycles. The topological polar surface area (TPSA) is 67.8 Å². The van der Waals surface area contributed by atoms with Gasteiger partial charge in [-0.15, -0.1) is 0 Å². The van der Waals surface area contributed by atoms with Gasteiger partial charge < -0.3 is 4.74 Å². The lowest BCUT2D eigenvalue weighted by molar-refractivity contribution is -0.133. The molecule has 0 fully saturated rings. The maximum Gasteiger partial charge on any atom is 0.367 e. The second-order valence-electron chi connectivity index (χ2n) is 3.59.